The van der Waals surface area contributed by atoms with E-state index in [-0.39, 0.29) is 0 Å². The van der Waals surface area contributed by atoms with E-state index in [0.29, 0.717) is 0 Å². The molecule has 1 aromatic heterocycles. The van der Waals surface area contributed by atoms with Crippen LogP contribution in [0.3, 0.4) is 0 Å². The number of imidazole rings is 1. The van der Waals surface area contributed by atoms with Crippen LogP contribution in [-0.4, -0.2) is 4.57 Å². The number of hydrogen-bond donors (Lipinski definition) is 0. The summed E-state index contributed by atoms with van der Waals surface area (Å²) >= 11 is 0. The predicted molar refractivity (Wildman–Crippen MR) is 109 cm³/mol. The lowest BCUT2D eigenvalue weighted by atomic mass is 9.90. The molecule has 0 saturated carbocycles. The molecule has 0 aliphatic carbocycles. The summed E-state index contributed by atoms with van der Waals surface area (Å²) in [4.78, 5) is 0. The number of aromatic nitrogens is 2. The molecule has 4 aromatic carbocycles. The third-order valence-corrected chi connectivity index (χ3v) is 5.56. The number of nitrogens with zero attached hydrogens (tertiary/aromatic N) is 2. The maximum Gasteiger partial charge on any atom is 0.243 e. The van der Waals surface area contributed by atoms with Crippen LogP contribution in [0, 0.1) is 0 Å². The van der Waals surface area contributed by atoms with Crippen molar-refractivity contribution in [2.24, 2.45) is 7.05 Å². The normalized spacial score (nSPS) is 11.9. The zero-order valence-electron chi connectivity index (χ0n) is 15.2. The van der Waals surface area contributed by atoms with Gasteiger partial charge in [-0.25, -0.2) is 9.13 Å². The molecule has 2 heteroatoms. The molecule has 0 saturated heterocycles. The molecule has 0 aliphatic rings. The summed E-state index contributed by atoms with van der Waals surface area (Å²) in [7, 11) is 2.07. The highest BCUT2D eigenvalue weighted by Crippen LogP contribution is 2.36. The highest BCUT2D eigenvalue weighted by molar-refractivity contribution is 6.23. The van der Waals surface area contributed by atoms with Crippen molar-refractivity contribution >= 4 is 32.3 Å². The SMILES string of the molecule is C[n+]1ccn(CCCCc2ccc3ccc4cccc5ccc2c3c45)c1. The van der Waals surface area contributed by atoms with Crippen molar-refractivity contribution in [3.63, 3.8) is 0 Å². The summed E-state index contributed by atoms with van der Waals surface area (Å²) in [5.74, 6) is 0. The minimum absolute atomic E-state index is 1.09. The summed E-state index contributed by atoms with van der Waals surface area (Å²) in [5, 5.41) is 8.34. The Bertz CT molecular complexity index is 1180. The molecule has 0 bridgehead atoms. The summed E-state index contributed by atoms with van der Waals surface area (Å²) in [6, 6.07) is 20.4. The summed E-state index contributed by atoms with van der Waals surface area (Å²) in [5.41, 5.74) is 1.48. The van der Waals surface area contributed by atoms with E-state index >= 15 is 0 Å². The Labute approximate surface area is 153 Å². The fourth-order valence-corrected chi connectivity index (χ4v) is 4.26. The Morgan fingerprint density at radius 3 is 2.31 bits per heavy atom. The average molecular weight is 339 g/mol. The van der Waals surface area contributed by atoms with E-state index in [1.54, 1.807) is 0 Å². The van der Waals surface area contributed by atoms with Crippen LogP contribution >= 0.6 is 0 Å². The number of benzene rings is 4. The van der Waals surface area contributed by atoms with Crippen molar-refractivity contribution in [1.29, 1.82) is 0 Å². The van der Waals surface area contributed by atoms with Crippen molar-refractivity contribution in [2.45, 2.75) is 25.8 Å². The van der Waals surface area contributed by atoms with Crippen molar-refractivity contribution in [1.82, 2.24) is 4.57 Å². The monoisotopic (exact) mass is 339 g/mol. The van der Waals surface area contributed by atoms with Gasteiger partial charge in [-0.15, -0.1) is 0 Å². The molecular formula is C24H23N2+. The van der Waals surface area contributed by atoms with E-state index in [2.05, 4.69) is 89.5 Å². The second-order valence-electron chi connectivity index (χ2n) is 7.35. The molecule has 0 unspecified atom stereocenters. The number of rotatable bonds is 5. The van der Waals surface area contributed by atoms with Gasteiger partial charge in [-0.1, -0.05) is 54.6 Å². The van der Waals surface area contributed by atoms with Gasteiger partial charge in [0.15, 0.2) is 0 Å². The van der Waals surface area contributed by atoms with Crippen LogP contribution < -0.4 is 4.57 Å². The molecule has 1 heterocycles. The molecule has 0 atom stereocenters. The minimum Gasteiger partial charge on any atom is -0.240 e. The van der Waals surface area contributed by atoms with Gasteiger partial charge >= 0.3 is 0 Å². The molecule has 2 nitrogen and oxygen atoms in total. The van der Waals surface area contributed by atoms with Gasteiger partial charge in [0.2, 0.25) is 6.33 Å². The number of hydrogen-bond acceptors (Lipinski definition) is 0. The van der Waals surface area contributed by atoms with E-state index in [9.17, 15) is 0 Å². The van der Waals surface area contributed by atoms with Crippen molar-refractivity contribution in [3.05, 3.63) is 78.9 Å². The molecule has 0 radical (unpaired) electrons. The first-order chi connectivity index (χ1) is 12.8. The summed E-state index contributed by atoms with van der Waals surface area (Å²) in [6.45, 7) is 1.09. The Kier molecular flexibility index (Phi) is 3.63. The van der Waals surface area contributed by atoms with E-state index in [0.717, 1.165) is 13.0 Å². The van der Waals surface area contributed by atoms with Gasteiger partial charge in [-0.2, -0.15) is 0 Å². The van der Waals surface area contributed by atoms with Crippen LogP contribution in [0.25, 0.3) is 32.3 Å². The van der Waals surface area contributed by atoms with Gasteiger partial charge in [-0.3, -0.25) is 0 Å². The first-order valence-electron chi connectivity index (χ1n) is 9.46. The zero-order chi connectivity index (χ0) is 17.5. The second-order valence-corrected chi connectivity index (χ2v) is 7.35. The Hall–Kier alpha value is -2.87. The molecule has 0 fully saturated rings. The van der Waals surface area contributed by atoms with Crippen LogP contribution in [0.5, 0.6) is 0 Å². The largest absolute Gasteiger partial charge is 0.243 e. The number of unbranched alkanes of at least 4 members (excludes halogenated alkanes) is 1. The third-order valence-electron chi connectivity index (χ3n) is 5.56. The van der Waals surface area contributed by atoms with Crippen LogP contribution in [0.1, 0.15) is 18.4 Å². The second kappa shape index (κ2) is 6.14. The summed E-state index contributed by atoms with van der Waals surface area (Å²) < 4.78 is 4.37. The smallest absolute Gasteiger partial charge is 0.240 e. The molecule has 26 heavy (non-hydrogen) atoms. The topological polar surface area (TPSA) is 8.81 Å². The van der Waals surface area contributed by atoms with Crippen LogP contribution in [-0.2, 0) is 20.0 Å². The molecule has 5 rings (SSSR count). The fraction of sp³-hybridized carbons (Fsp3) is 0.208. The van der Waals surface area contributed by atoms with Crippen molar-refractivity contribution in [3.8, 4) is 0 Å². The standard InChI is InChI=1S/C24H23N2/c1-25-15-16-26(17-25)14-3-2-5-18-8-9-21-11-10-19-6-4-7-20-12-13-22(18)24(21)23(19)20/h4,6-13,15-17H,2-3,5,14H2,1H3/q+1. The van der Waals surface area contributed by atoms with E-state index in [4.69, 9.17) is 0 Å². The lowest BCUT2D eigenvalue weighted by Crippen LogP contribution is -2.23. The highest BCUT2D eigenvalue weighted by atomic mass is 15.1. The van der Waals surface area contributed by atoms with Crippen molar-refractivity contribution < 1.29 is 4.57 Å². The van der Waals surface area contributed by atoms with Gasteiger partial charge < -0.3 is 0 Å². The van der Waals surface area contributed by atoms with E-state index in [1.165, 1.54) is 50.7 Å². The van der Waals surface area contributed by atoms with Gasteiger partial charge in [0.1, 0.15) is 12.4 Å². The third kappa shape index (κ3) is 2.53. The van der Waals surface area contributed by atoms with Gasteiger partial charge in [0.05, 0.1) is 13.6 Å². The summed E-state index contributed by atoms with van der Waals surface area (Å²) in [6.07, 6.45) is 9.96. The average Bonchev–Trinajstić information content (AvgIpc) is 3.09. The zero-order valence-corrected chi connectivity index (χ0v) is 15.2. The molecule has 0 spiro atoms. The maximum atomic E-state index is 2.33. The van der Waals surface area contributed by atoms with Gasteiger partial charge in [-0.05, 0) is 57.1 Å². The molecular weight excluding hydrogens is 316 g/mol. The Morgan fingerprint density at radius 1 is 0.808 bits per heavy atom. The fourth-order valence-electron chi connectivity index (χ4n) is 4.26. The van der Waals surface area contributed by atoms with Crippen LogP contribution in [0.15, 0.2) is 73.3 Å². The van der Waals surface area contributed by atoms with Gasteiger partial charge in [0.25, 0.3) is 0 Å². The Balaban J connectivity index is 1.46. The lowest BCUT2D eigenvalue weighted by Gasteiger charge is -2.13. The molecule has 0 N–H and O–H groups in total. The van der Waals surface area contributed by atoms with Crippen molar-refractivity contribution in [2.75, 3.05) is 0 Å². The molecule has 5 aromatic rings. The minimum atomic E-state index is 1.09. The molecule has 128 valence electrons. The number of aryl methyl sites for hydroxylation is 3. The first-order valence-corrected chi connectivity index (χ1v) is 9.46. The van der Waals surface area contributed by atoms with Crippen LogP contribution in [0.2, 0.25) is 0 Å². The Morgan fingerprint density at radius 2 is 1.54 bits per heavy atom. The van der Waals surface area contributed by atoms with Crippen LogP contribution in [0.4, 0.5) is 0 Å². The van der Waals surface area contributed by atoms with Gasteiger partial charge in [0, 0.05) is 0 Å². The molecule has 0 aliphatic heterocycles. The highest BCUT2D eigenvalue weighted by Gasteiger charge is 2.10. The van der Waals surface area contributed by atoms with E-state index in [1.807, 2.05) is 0 Å². The molecule has 0 amide bonds. The van der Waals surface area contributed by atoms with E-state index < -0.39 is 0 Å². The quantitative estimate of drug-likeness (QED) is 0.235. The first kappa shape index (κ1) is 15.4. The predicted octanol–water partition coefficient (Wildman–Crippen LogP) is 5.23. The maximum absolute atomic E-state index is 2.33. The lowest BCUT2D eigenvalue weighted by molar-refractivity contribution is -0.671.